The first-order chi connectivity index (χ1) is 8.61. The highest BCUT2D eigenvalue weighted by molar-refractivity contribution is 9.10. The molecular formula is C13H12BrNO3. The van der Waals surface area contributed by atoms with Crippen LogP contribution in [-0.2, 0) is 6.54 Å². The van der Waals surface area contributed by atoms with Crippen molar-refractivity contribution in [3.8, 4) is 5.75 Å². The van der Waals surface area contributed by atoms with E-state index < -0.39 is 5.97 Å². The minimum atomic E-state index is -0.924. The number of carbonyl (C=O) groups is 1. The number of aromatic carboxylic acids is 1. The maximum absolute atomic E-state index is 11.0. The fourth-order valence-corrected chi connectivity index (χ4v) is 2.34. The maximum Gasteiger partial charge on any atom is 0.352 e. The van der Waals surface area contributed by atoms with Gasteiger partial charge >= 0.3 is 5.97 Å². The van der Waals surface area contributed by atoms with Gasteiger partial charge in [0.2, 0.25) is 0 Å². The zero-order valence-corrected chi connectivity index (χ0v) is 11.3. The van der Waals surface area contributed by atoms with Crippen LogP contribution in [0, 0.1) is 0 Å². The van der Waals surface area contributed by atoms with E-state index in [0.717, 1.165) is 15.8 Å². The summed E-state index contributed by atoms with van der Waals surface area (Å²) >= 11 is 3.41. The monoisotopic (exact) mass is 309 g/mol. The molecule has 1 aromatic carbocycles. The Morgan fingerprint density at radius 1 is 1.44 bits per heavy atom. The average molecular weight is 310 g/mol. The number of hydrogen-bond donors (Lipinski definition) is 1. The highest BCUT2D eigenvalue weighted by atomic mass is 79.9. The summed E-state index contributed by atoms with van der Waals surface area (Å²) in [7, 11) is 1.61. The van der Waals surface area contributed by atoms with Gasteiger partial charge in [0, 0.05) is 12.7 Å². The Kier molecular flexibility index (Phi) is 3.72. The van der Waals surface area contributed by atoms with Gasteiger partial charge < -0.3 is 14.4 Å². The van der Waals surface area contributed by atoms with Crippen LogP contribution in [0.25, 0.3) is 0 Å². The molecule has 94 valence electrons. The number of carboxylic acid groups (broad SMARTS) is 1. The Morgan fingerprint density at radius 3 is 2.83 bits per heavy atom. The summed E-state index contributed by atoms with van der Waals surface area (Å²) < 4.78 is 7.69. The molecule has 0 amide bonds. The largest absolute Gasteiger partial charge is 0.496 e. The molecule has 5 heteroatoms. The smallest absolute Gasteiger partial charge is 0.352 e. The van der Waals surface area contributed by atoms with Crippen molar-refractivity contribution in [2.45, 2.75) is 6.54 Å². The standard InChI is InChI=1S/C13H12BrNO3/c1-18-12-5-4-9(7-10(12)14)8-15-6-2-3-11(15)13(16)17/h2-7H,8H2,1H3,(H,16,17). The van der Waals surface area contributed by atoms with Crippen LogP contribution in [0.4, 0.5) is 0 Å². The Labute approximate surface area is 113 Å². The fraction of sp³-hybridized carbons (Fsp3) is 0.154. The molecule has 2 rings (SSSR count). The van der Waals surface area contributed by atoms with Gasteiger partial charge in [-0.2, -0.15) is 0 Å². The zero-order valence-electron chi connectivity index (χ0n) is 9.76. The van der Waals surface area contributed by atoms with E-state index in [4.69, 9.17) is 9.84 Å². The molecule has 0 aliphatic carbocycles. The van der Waals surface area contributed by atoms with Gasteiger partial charge in [-0.15, -0.1) is 0 Å². The van der Waals surface area contributed by atoms with E-state index in [-0.39, 0.29) is 5.69 Å². The summed E-state index contributed by atoms with van der Waals surface area (Å²) in [5, 5.41) is 9.02. The third-order valence-electron chi connectivity index (χ3n) is 2.62. The van der Waals surface area contributed by atoms with Gasteiger partial charge in [0.05, 0.1) is 11.6 Å². The minimum Gasteiger partial charge on any atom is -0.496 e. The Bertz CT molecular complexity index is 577. The molecule has 0 bridgehead atoms. The number of ether oxygens (including phenoxy) is 1. The molecule has 0 saturated heterocycles. The zero-order chi connectivity index (χ0) is 13.1. The summed E-state index contributed by atoms with van der Waals surface area (Å²) in [6, 6.07) is 8.99. The van der Waals surface area contributed by atoms with E-state index in [9.17, 15) is 4.79 Å². The number of aromatic nitrogens is 1. The molecule has 2 aromatic rings. The van der Waals surface area contributed by atoms with Crippen molar-refractivity contribution in [3.63, 3.8) is 0 Å². The van der Waals surface area contributed by atoms with Gasteiger partial charge in [-0.25, -0.2) is 4.79 Å². The van der Waals surface area contributed by atoms with Crippen LogP contribution >= 0.6 is 15.9 Å². The number of methoxy groups -OCH3 is 1. The molecule has 0 unspecified atom stereocenters. The molecule has 1 aromatic heterocycles. The maximum atomic E-state index is 11.0. The van der Waals surface area contributed by atoms with Crippen LogP contribution < -0.4 is 4.74 Å². The lowest BCUT2D eigenvalue weighted by atomic mass is 10.2. The van der Waals surface area contributed by atoms with Gasteiger partial charge in [-0.1, -0.05) is 6.07 Å². The van der Waals surface area contributed by atoms with Crippen molar-refractivity contribution < 1.29 is 14.6 Å². The van der Waals surface area contributed by atoms with Crippen LogP contribution in [-0.4, -0.2) is 22.8 Å². The Hall–Kier alpha value is -1.75. The first-order valence-corrected chi connectivity index (χ1v) is 6.12. The molecule has 0 aliphatic heterocycles. The van der Waals surface area contributed by atoms with Crippen LogP contribution in [0.3, 0.4) is 0 Å². The number of nitrogens with zero attached hydrogens (tertiary/aromatic N) is 1. The second-order valence-electron chi connectivity index (χ2n) is 3.80. The number of rotatable bonds is 4. The predicted molar refractivity (Wildman–Crippen MR) is 71.2 cm³/mol. The van der Waals surface area contributed by atoms with Gasteiger partial charge in [0.1, 0.15) is 11.4 Å². The van der Waals surface area contributed by atoms with E-state index in [1.54, 1.807) is 30.0 Å². The molecule has 0 atom stereocenters. The van der Waals surface area contributed by atoms with E-state index in [1.807, 2.05) is 18.2 Å². The summed E-state index contributed by atoms with van der Waals surface area (Å²) in [5.41, 5.74) is 1.28. The highest BCUT2D eigenvalue weighted by Gasteiger charge is 2.09. The van der Waals surface area contributed by atoms with Crippen LogP contribution in [0.5, 0.6) is 5.75 Å². The first kappa shape index (κ1) is 12.7. The van der Waals surface area contributed by atoms with E-state index in [2.05, 4.69) is 15.9 Å². The number of hydrogen-bond acceptors (Lipinski definition) is 2. The molecular weight excluding hydrogens is 298 g/mol. The lowest BCUT2D eigenvalue weighted by Gasteiger charge is -2.09. The predicted octanol–water partition coefficient (Wildman–Crippen LogP) is 3.01. The summed E-state index contributed by atoms with van der Waals surface area (Å²) in [6.07, 6.45) is 1.75. The highest BCUT2D eigenvalue weighted by Crippen LogP contribution is 2.26. The van der Waals surface area contributed by atoms with Crippen molar-refractivity contribution in [1.82, 2.24) is 4.57 Å². The molecule has 18 heavy (non-hydrogen) atoms. The van der Waals surface area contributed by atoms with Crippen LogP contribution in [0.15, 0.2) is 41.0 Å². The Morgan fingerprint density at radius 2 is 2.22 bits per heavy atom. The van der Waals surface area contributed by atoms with Gasteiger partial charge in [-0.3, -0.25) is 0 Å². The first-order valence-electron chi connectivity index (χ1n) is 5.32. The third kappa shape index (κ3) is 2.56. The van der Waals surface area contributed by atoms with Crippen molar-refractivity contribution >= 4 is 21.9 Å². The van der Waals surface area contributed by atoms with Crippen molar-refractivity contribution in [3.05, 3.63) is 52.3 Å². The van der Waals surface area contributed by atoms with Gasteiger partial charge in [-0.05, 0) is 45.8 Å². The molecule has 0 fully saturated rings. The minimum absolute atomic E-state index is 0.280. The van der Waals surface area contributed by atoms with Crippen molar-refractivity contribution in [2.24, 2.45) is 0 Å². The number of benzene rings is 1. The topological polar surface area (TPSA) is 51.5 Å². The fourth-order valence-electron chi connectivity index (χ4n) is 1.75. The number of halogens is 1. The average Bonchev–Trinajstić information content (AvgIpc) is 2.77. The quantitative estimate of drug-likeness (QED) is 0.944. The lowest BCUT2D eigenvalue weighted by molar-refractivity contribution is 0.0685. The molecule has 0 spiro atoms. The van der Waals surface area contributed by atoms with E-state index >= 15 is 0 Å². The lowest BCUT2D eigenvalue weighted by Crippen LogP contribution is -2.08. The molecule has 0 saturated carbocycles. The second-order valence-corrected chi connectivity index (χ2v) is 4.65. The molecule has 1 heterocycles. The third-order valence-corrected chi connectivity index (χ3v) is 3.24. The van der Waals surface area contributed by atoms with Gasteiger partial charge in [0.15, 0.2) is 0 Å². The number of carboxylic acids is 1. The van der Waals surface area contributed by atoms with Gasteiger partial charge in [0.25, 0.3) is 0 Å². The summed E-state index contributed by atoms with van der Waals surface area (Å²) in [4.78, 5) is 11.0. The van der Waals surface area contributed by atoms with Crippen molar-refractivity contribution in [1.29, 1.82) is 0 Å². The summed E-state index contributed by atoms with van der Waals surface area (Å²) in [6.45, 7) is 0.511. The van der Waals surface area contributed by atoms with E-state index in [1.165, 1.54) is 0 Å². The SMILES string of the molecule is COc1ccc(Cn2cccc2C(=O)O)cc1Br. The van der Waals surface area contributed by atoms with Crippen LogP contribution in [0.2, 0.25) is 0 Å². The Balaban J connectivity index is 2.26. The van der Waals surface area contributed by atoms with Crippen molar-refractivity contribution in [2.75, 3.05) is 7.11 Å². The molecule has 0 aliphatic rings. The molecule has 4 nitrogen and oxygen atoms in total. The second kappa shape index (κ2) is 5.27. The van der Waals surface area contributed by atoms with Crippen LogP contribution in [0.1, 0.15) is 16.1 Å². The normalized spacial score (nSPS) is 10.3. The summed E-state index contributed by atoms with van der Waals surface area (Å²) in [5.74, 6) is -0.169. The molecule has 1 N–H and O–H groups in total. The molecule has 0 radical (unpaired) electrons. The van der Waals surface area contributed by atoms with E-state index in [0.29, 0.717) is 6.54 Å².